The smallest absolute Gasteiger partial charge is 0.126 e. The molecule has 0 saturated carbocycles. The van der Waals surface area contributed by atoms with E-state index in [4.69, 9.17) is 0 Å². The van der Waals surface area contributed by atoms with Crippen molar-refractivity contribution in [3.8, 4) is 0 Å². The Morgan fingerprint density at radius 2 is 2.29 bits per heavy atom. The molecule has 17 heavy (non-hydrogen) atoms. The number of hydrogen-bond donors (Lipinski definition) is 3. The van der Waals surface area contributed by atoms with E-state index in [1.54, 1.807) is 13.0 Å². The second kappa shape index (κ2) is 5.58. The number of hydrogen-bond acceptors (Lipinski definition) is 3. The first-order valence-electron chi connectivity index (χ1n) is 6.01. The number of aliphatic hydroxyl groups is 1. The van der Waals surface area contributed by atoms with Crippen LogP contribution in [0.25, 0.3) is 0 Å². The Balaban J connectivity index is 1.79. The summed E-state index contributed by atoms with van der Waals surface area (Å²) in [5.41, 5.74) is 1.75. The van der Waals surface area contributed by atoms with Crippen LogP contribution < -0.4 is 10.6 Å². The van der Waals surface area contributed by atoms with Crippen molar-refractivity contribution in [3.63, 3.8) is 0 Å². The number of β-amino-alcohol motifs (C(OH)–C–C–N with tert-alkyl or cyclic N) is 1. The lowest BCUT2D eigenvalue weighted by molar-refractivity contribution is 0.146. The number of rotatable bonds is 4. The van der Waals surface area contributed by atoms with E-state index in [9.17, 15) is 9.50 Å². The molecule has 1 aliphatic rings. The molecule has 0 radical (unpaired) electrons. The largest absolute Gasteiger partial charge is 0.391 e. The van der Waals surface area contributed by atoms with Crippen molar-refractivity contribution in [1.82, 2.24) is 10.6 Å². The van der Waals surface area contributed by atoms with Crippen molar-refractivity contribution < 1.29 is 9.50 Å². The molecule has 0 amide bonds. The molecule has 1 fully saturated rings. The minimum absolute atomic E-state index is 0.163. The molecule has 1 aromatic rings. The molecule has 3 nitrogen and oxygen atoms in total. The van der Waals surface area contributed by atoms with E-state index in [2.05, 4.69) is 10.6 Å². The molecular formula is C13H19FN2O. The third-order valence-corrected chi connectivity index (χ3v) is 3.26. The Hall–Kier alpha value is -0.970. The van der Waals surface area contributed by atoms with E-state index in [0.717, 1.165) is 18.7 Å². The van der Waals surface area contributed by atoms with E-state index in [-0.39, 0.29) is 17.8 Å². The molecule has 2 rings (SSSR count). The highest BCUT2D eigenvalue weighted by Gasteiger charge is 2.23. The fourth-order valence-corrected chi connectivity index (χ4v) is 2.15. The summed E-state index contributed by atoms with van der Waals surface area (Å²) in [6.45, 7) is 4.80. The minimum atomic E-state index is -0.252. The van der Waals surface area contributed by atoms with Crippen LogP contribution in [0.15, 0.2) is 18.2 Å². The fraction of sp³-hybridized carbons (Fsp3) is 0.538. The third-order valence-electron chi connectivity index (χ3n) is 3.26. The highest BCUT2D eigenvalue weighted by atomic mass is 19.1. The van der Waals surface area contributed by atoms with Crippen LogP contribution in [0.4, 0.5) is 4.39 Å². The summed E-state index contributed by atoms with van der Waals surface area (Å²) in [5, 5.41) is 16.1. The van der Waals surface area contributed by atoms with Crippen molar-refractivity contribution in [2.75, 3.05) is 19.6 Å². The highest BCUT2D eigenvalue weighted by molar-refractivity contribution is 5.23. The molecule has 0 aliphatic carbocycles. The van der Waals surface area contributed by atoms with Crippen molar-refractivity contribution in [3.05, 3.63) is 35.1 Å². The van der Waals surface area contributed by atoms with Crippen LogP contribution in [0.5, 0.6) is 0 Å². The van der Waals surface area contributed by atoms with Gasteiger partial charge in [-0.3, -0.25) is 0 Å². The molecule has 0 spiro atoms. The van der Waals surface area contributed by atoms with Gasteiger partial charge in [-0.1, -0.05) is 12.1 Å². The monoisotopic (exact) mass is 238 g/mol. The van der Waals surface area contributed by atoms with Crippen molar-refractivity contribution in [2.45, 2.75) is 19.6 Å². The van der Waals surface area contributed by atoms with E-state index in [1.807, 2.05) is 6.07 Å². The van der Waals surface area contributed by atoms with Gasteiger partial charge in [0.2, 0.25) is 0 Å². The molecule has 4 heteroatoms. The predicted octanol–water partition coefficient (Wildman–Crippen LogP) is 0.804. The van der Waals surface area contributed by atoms with Crippen molar-refractivity contribution in [1.29, 1.82) is 0 Å². The van der Waals surface area contributed by atoms with Gasteiger partial charge in [0, 0.05) is 32.1 Å². The van der Waals surface area contributed by atoms with Gasteiger partial charge in [-0.2, -0.15) is 0 Å². The standard InChI is InChI=1S/C13H19FN2O/c1-9-4-10(2-3-12(9)14)5-15-6-11-7-16-8-13(11)17/h2-4,11,13,15-17H,5-8H2,1H3. The second-order valence-corrected chi connectivity index (χ2v) is 4.70. The van der Waals surface area contributed by atoms with Gasteiger partial charge in [-0.05, 0) is 24.1 Å². The SMILES string of the molecule is Cc1cc(CNCC2CNCC2O)ccc1F. The average molecular weight is 238 g/mol. The fourth-order valence-electron chi connectivity index (χ4n) is 2.15. The van der Waals surface area contributed by atoms with E-state index >= 15 is 0 Å². The van der Waals surface area contributed by atoms with E-state index < -0.39 is 0 Å². The van der Waals surface area contributed by atoms with Gasteiger partial charge in [-0.15, -0.1) is 0 Å². The summed E-state index contributed by atoms with van der Waals surface area (Å²) in [6.07, 6.45) is -0.252. The van der Waals surface area contributed by atoms with Crippen molar-refractivity contribution in [2.24, 2.45) is 5.92 Å². The topological polar surface area (TPSA) is 44.3 Å². The summed E-state index contributed by atoms with van der Waals surface area (Å²) >= 11 is 0. The Labute approximate surface area is 101 Å². The first-order chi connectivity index (χ1) is 8.16. The lowest BCUT2D eigenvalue weighted by Gasteiger charge is -2.14. The van der Waals surface area contributed by atoms with Crippen LogP contribution in [0.1, 0.15) is 11.1 Å². The molecule has 2 atom stereocenters. The number of aliphatic hydroxyl groups excluding tert-OH is 1. The number of halogens is 1. The zero-order chi connectivity index (χ0) is 12.3. The Morgan fingerprint density at radius 1 is 1.47 bits per heavy atom. The zero-order valence-electron chi connectivity index (χ0n) is 10.0. The molecule has 1 saturated heterocycles. The van der Waals surface area contributed by atoms with Crippen LogP contribution in [-0.2, 0) is 6.54 Å². The molecule has 0 bridgehead atoms. The van der Waals surface area contributed by atoms with Crippen molar-refractivity contribution >= 4 is 0 Å². The van der Waals surface area contributed by atoms with Crippen LogP contribution in [0.2, 0.25) is 0 Å². The maximum Gasteiger partial charge on any atom is 0.126 e. The molecule has 94 valence electrons. The van der Waals surface area contributed by atoms with Gasteiger partial charge in [0.25, 0.3) is 0 Å². The zero-order valence-corrected chi connectivity index (χ0v) is 10.0. The van der Waals surface area contributed by atoms with Crippen LogP contribution in [0, 0.1) is 18.7 Å². The Morgan fingerprint density at radius 3 is 2.94 bits per heavy atom. The number of nitrogens with one attached hydrogen (secondary N) is 2. The number of benzene rings is 1. The van der Waals surface area contributed by atoms with Gasteiger partial charge < -0.3 is 15.7 Å². The summed E-state index contributed by atoms with van der Waals surface area (Å²) in [4.78, 5) is 0. The Kier molecular flexibility index (Phi) is 4.10. The lowest BCUT2D eigenvalue weighted by atomic mass is 10.1. The lowest BCUT2D eigenvalue weighted by Crippen LogP contribution is -2.30. The summed E-state index contributed by atoms with van der Waals surface area (Å²) in [6, 6.07) is 5.14. The highest BCUT2D eigenvalue weighted by Crippen LogP contribution is 2.10. The molecule has 1 aliphatic heterocycles. The maximum absolute atomic E-state index is 13.1. The molecule has 3 N–H and O–H groups in total. The quantitative estimate of drug-likeness (QED) is 0.727. The third kappa shape index (κ3) is 3.25. The minimum Gasteiger partial charge on any atom is -0.391 e. The maximum atomic E-state index is 13.1. The normalized spacial score (nSPS) is 24.2. The molecule has 2 unspecified atom stereocenters. The van der Waals surface area contributed by atoms with Gasteiger partial charge >= 0.3 is 0 Å². The summed E-state index contributed by atoms with van der Waals surface area (Å²) in [5.74, 6) is 0.112. The summed E-state index contributed by atoms with van der Waals surface area (Å²) < 4.78 is 13.1. The summed E-state index contributed by atoms with van der Waals surface area (Å²) in [7, 11) is 0. The first kappa shape index (κ1) is 12.5. The van der Waals surface area contributed by atoms with Crippen LogP contribution in [0.3, 0.4) is 0 Å². The van der Waals surface area contributed by atoms with E-state index in [1.165, 1.54) is 6.07 Å². The van der Waals surface area contributed by atoms with Gasteiger partial charge in [0.05, 0.1) is 6.10 Å². The van der Waals surface area contributed by atoms with Gasteiger partial charge in [0.15, 0.2) is 0 Å². The van der Waals surface area contributed by atoms with Crippen LogP contribution >= 0.6 is 0 Å². The molecule has 1 aromatic carbocycles. The van der Waals surface area contributed by atoms with Gasteiger partial charge in [-0.25, -0.2) is 4.39 Å². The number of aryl methyl sites for hydroxylation is 1. The van der Waals surface area contributed by atoms with E-state index in [0.29, 0.717) is 18.7 Å². The molecule has 0 aromatic heterocycles. The predicted molar refractivity (Wildman–Crippen MR) is 65.2 cm³/mol. The molecular weight excluding hydrogens is 219 g/mol. The average Bonchev–Trinajstić information content (AvgIpc) is 2.70. The second-order valence-electron chi connectivity index (χ2n) is 4.70. The van der Waals surface area contributed by atoms with Crippen LogP contribution in [-0.4, -0.2) is 30.8 Å². The first-order valence-corrected chi connectivity index (χ1v) is 6.01. The molecule has 1 heterocycles. The Bertz CT molecular complexity index is 384. The van der Waals surface area contributed by atoms with Gasteiger partial charge in [0.1, 0.15) is 5.82 Å².